The Hall–Kier alpha value is -0.680. The van der Waals surface area contributed by atoms with Crippen LogP contribution in [0, 0.1) is 0 Å². The molecule has 0 aliphatic carbocycles. The van der Waals surface area contributed by atoms with Crippen LogP contribution in [0.3, 0.4) is 0 Å². The van der Waals surface area contributed by atoms with Crippen molar-refractivity contribution >= 4 is 13.7 Å². The molecule has 0 radical (unpaired) electrons. The van der Waals surface area contributed by atoms with Crippen molar-refractivity contribution in [2.75, 3.05) is 7.11 Å². The summed E-state index contributed by atoms with van der Waals surface area (Å²) in [5, 5.41) is 0. The number of nitrogens with zero attached hydrogens (tertiary/aromatic N) is 1. The van der Waals surface area contributed by atoms with Gasteiger partial charge in [-0.25, -0.2) is 4.57 Å². The van der Waals surface area contributed by atoms with Gasteiger partial charge in [-0.05, 0) is 6.08 Å². The average Bonchev–Trinajstić information content (AvgIpc) is 2.42. The van der Waals surface area contributed by atoms with Gasteiger partial charge in [-0.2, -0.15) is 0 Å². The lowest BCUT2D eigenvalue weighted by Crippen LogP contribution is -2.51. The zero-order valence-electron chi connectivity index (χ0n) is 7.49. The zero-order chi connectivity index (χ0) is 10.3. The van der Waals surface area contributed by atoms with Crippen molar-refractivity contribution in [2.24, 2.45) is 0 Å². The van der Waals surface area contributed by atoms with Gasteiger partial charge in [-0.1, -0.05) is 0 Å². The van der Waals surface area contributed by atoms with Crippen LogP contribution in [0.25, 0.3) is 0 Å². The lowest BCUT2D eigenvalue weighted by Gasteiger charge is -2.36. The summed E-state index contributed by atoms with van der Waals surface area (Å²) in [5.41, 5.74) is 0. The monoisotopic (exact) mass is 219 g/mol. The summed E-state index contributed by atoms with van der Waals surface area (Å²) in [6.07, 6.45) is 2.96. The molecule has 0 bridgehead atoms. The largest absolute Gasteiger partial charge is 0.472 e. The van der Waals surface area contributed by atoms with Crippen LogP contribution in [-0.2, 0) is 18.4 Å². The van der Waals surface area contributed by atoms with E-state index in [1.807, 2.05) is 0 Å². The van der Waals surface area contributed by atoms with Gasteiger partial charge in [0.15, 0.2) is 0 Å². The quantitative estimate of drug-likeness (QED) is 0.543. The number of amides is 1. The van der Waals surface area contributed by atoms with E-state index in [0.29, 0.717) is 6.42 Å². The van der Waals surface area contributed by atoms with Crippen LogP contribution >= 0.6 is 7.82 Å². The first kappa shape index (κ1) is 9.86. The molecule has 3 atom stereocenters. The van der Waals surface area contributed by atoms with Crippen LogP contribution in [-0.4, -0.2) is 35.0 Å². The molecule has 2 aliphatic rings. The van der Waals surface area contributed by atoms with Crippen LogP contribution in [0.1, 0.15) is 6.42 Å². The zero-order valence-corrected chi connectivity index (χ0v) is 8.39. The smallest absolute Gasteiger partial charge is 0.313 e. The molecule has 78 valence electrons. The minimum atomic E-state index is -3.96. The van der Waals surface area contributed by atoms with Crippen LogP contribution in [0.2, 0.25) is 0 Å². The number of fused-ring (bicyclic) bond motifs is 1. The molecule has 0 aromatic heterocycles. The molecule has 1 fully saturated rings. The summed E-state index contributed by atoms with van der Waals surface area (Å²) in [5.74, 6) is 0.00235. The van der Waals surface area contributed by atoms with Gasteiger partial charge in [0.05, 0.1) is 12.5 Å². The van der Waals surface area contributed by atoms with Gasteiger partial charge in [-0.15, -0.1) is 0 Å². The Kier molecular flexibility index (Phi) is 2.23. The molecule has 2 aliphatic heterocycles. The van der Waals surface area contributed by atoms with E-state index in [0.717, 1.165) is 7.11 Å². The molecular weight excluding hydrogens is 209 g/mol. The Balaban J connectivity index is 1.99. The summed E-state index contributed by atoms with van der Waals surface area (Å²) in [7, 11) is -2.86. The van der Waals surface area contributed by atoms with Gasteiger partial charge in [0.2, 0.25) is 5.91 Å². The van der Waals surface area contributed by atoms with E-state index in [1.165, 1.54) is 4.90 Å². The summed E-state index contributed by atoms with van der Waals surface area (Å²) in [6, 6.07) is -0.141. The Morgan fingerprint density at radius 3 is 2.93 bits per heavy atom. The fourth-order valence-electron chi connectivity index (χ4n) is 1.53. The molecule has 6 nitrogen and oxygen atoms in total. The van der Waals surface area contributed by atoms with Crippen molar-refractivity contribution in [1.82, 2.24) is 4.90 Å². The molecule has 1 saturated heterocycles. The second-order valence-electron chi connectivity index (χ2n) is 3.14. The number of hydrogen-bond donors (Lipinski definition) is 1. The number of hydrogen-bond acceptors (Lipinski definition) is 4. The van der Waals surface area contributed by atoms with Gasteiger partial charge >= 0.3 is 7.82 Å². The molecule has 0 spiro atoms. The first-order valence-electron chi connectivity index (χ1n) is 4.10. The lowest BCUT2D eigenvalue weighted by atomic mass is 10.0. The Labute approximate surface area is 80.7 Å². The van der Waals surface area contributed by atoms with Gasteiger partial charge in [0.1, 0.15) is 6.10 Å². The predicted octanol–water partition coefficient (Wildman–Crippen LogP) is 0.247. The molecule has 14 heavy (non-hydrogen) atoms. The van der Waals surface area contributed by atoms with Crippen molar-refractivity contribution in [1.29, 1.82) is 0 Å². The molecule has 7 heteroatoms. The third-order valence-corrected chi connectivity index (χ3v) is 3.30. The first-order valence-corrected chi connectivity index (χ1v) is 5.59. The number of carbonyl (C=O) groups is 1. The molecule has 0 saturated carbocycles. The Bertz CT molecular complexity index is 341. The van der Waals surface area contributed by atoms with Gasteiger partial charge in [0, 0.05) is 13.3 Å². The fraction of sp³-hybridized carbons (Fsp3) is 0.571. The summed E-state index contributed by atoms with van der Waals surface area (Å²) in [4.78, 5) is 21.5. The maximum absolute atomic E-state index is 11.1. The van der Waals surface area contributed by atoms with Crippen LogP contribution in [0.4, 0.5) is 0 Å². The van der Waals surface area contributed by atoms with E-state index in [2.05, 4.69) is 4.52 Å². The van der Waals surface area contributed by atoms with Crippen molar-refractivity contribution < 1.29 is 23.3 Å². The number of rotatable bonds is 3. The first-order chi connectivity index (χ1) is 6.53. The van der Waals surface area contributed by atoms with Gasteiger partial charge in [0.25, 0.3) is 0 Å². The van der Waals surface area contributed by atoms with E-state index < -0.39 is 13.9 Å². The molecular formula is C7H10NO5P. The lowest BCUT2D eigenvalue weighted by molar-refractivity contribution is -0.143. The number of phosphoric acid groups is 1. The van der Waals surface area contributed by atoms with E-state index in [1.54, 1.807) is 12.3 Å². The molecule has 0 aromatic rings. The van der Waals surface area contributed by atoms with Crippen molar-refractivity contribution in [3.8, 4) is 0 Å². The standard InChI is InChI=1S/C7H10NO5P/c1-12-14(10,11)13-6-2-3-8-5(6)4-7(8)9/h2-3,5-6H,4H2,1H3,(H,10,11). The summed E-state index contributed by atoms with van der Waals surface area (Å²) >= 11 is 0. The van der Waals surface area contributed by atoms with Gasteiger partial charge < -0.3 is 9.79 Å². The summed E-state index contributed by atoms with van der Waals surface area (Å²) < 4.78 is 20.2. The highest BCUT2D eigenvalue weighted by atomic mass is 31.2. The van der Waals surface area contributed by atoms with E-state index in [9.17, 15) is 9.36 Å². The minimum Gasteiger partial charge on any atom is -0.313 e. The van der Waals surface area contributed by atoms with E-state index >= 15 is 0 Å². The Morgan fingerprint density at radius 1 is 1.71 bits per heavy atom. The minimum absolute atomic E-state index is 0.00235. The van der Waals surface area contributed by atoms with Crippen molar-refractivity contribution in [3.63, 3.8) is 0 Å². The topological polar surface area (TPSA) is 76.1 Å². The number of carbonyl (C=O) groups excluding carboxylic acids is 1. The second kappa shape index (κ2) is 3.17. The van der Waals surface area contributed by atoms with Crippen molar-refractivity contribution in [3.05, 3.63) is 12.3 Å². The van der Waals surface area contributed by atoms with Crippen LogP contribution < -0.4 is 0 Å². The number of phosphoric ester groups is 1. The fourth-order valence-corrected chi connectivity index (χ4v) is 2.14. The van der Waals surface area contributed by atoms with E-state index in [4.69, 9.17) is 9.42 Å². The highest BCUT2D eigenvalue weighted by Crippen LogP contribution is 2.46. The molecule has 3 unspecified atom stereocenters. The highest BCUT2D eigenvalue weighted by molar-refractivity contribution is 7.47. The molecule has 1 amide bonds. The van der Waals surface area contributed by atoms with Crippen LogP contribution in [0.5, 0.6) is 0 Å². The summed E-state index contributed by atoms with van der Waals surface area (Å²) in [6.45, 7) is 0. The number of β-lactam (4-membered cyclic amide) rings is 1. The van der Waals surface area contributed by atoms with Crippen molar-refractivity contribution in [2.45, 2.75) is 18.6 Å². The van der Waals surface area contributed by atoms with E-state index in [-0.39, 0.29) is 11.9 Å². The normalized spacial score (nSPS) is 33.9. The predicted molar refractivity (Wildman–Crippen MR) is 46.1 cm³/mol. The third-order valence-electron chi connectivity index (χ3n) is 2.33. The highest BCUT2D eigenvalue weighted by Gasteiger charge is 2.45. The SMILES string of the molecule is COP(=O)(O)OC1C=CN2C(=O)CC12. The molecule has 2 rings (SSSR count). The maximum Gasteiger partial charge on any atom is 0.472 e. The Morgan fingerprint density at radius 2 is 2.43 bits per heavy atom. The maximum atomic E-state index is 11.1. The average molecular weight is 219 g/mol. The molecule has 2 heterocycles. The third kappa shape index (κ3) is 1.50. The molecule has 1 N–H and O–H groups in total. The molecule has 0 aromatic carbocycles. The van der Waals surface area contributed by atoms with Crippen LogP contribution in [0.15, 0.2) is 12.3 Å². The van der Waals surface area contributed by atoms with Gasteiger partial charge in [-0.3, -0.25) is 13.8 Å². The second-order valence-corrected chi connectivity index (χ2v) is 4.65.